The first-order valence-electron chi connectivity index (χ1n) is 12.5. The van der Waals surface area contributed by atoms with Gasteiger partial charge in [0.2, 0.25) is 5.43 Å². The van der Waals surface area contributed by atoms with Crippen molar-refractivity contribution in [2.75, 3.05) is 37.7 Å². The third kappa shape index (κ3) is 4.33. The van der Waals surface area contributed by atoms with Gasteiger partial charge in [-0.3, -0.25) is 9.69 Å². The molecule has 1 aromatic heterocycles. The Bertz CT molecular complexity index is 1320. The minimum Gasteiger partial charge on any atom is -0.462 e. The molecule has 1 saturated carbocycles. The first-order chi connectivity index (χ1) is 16.9. The molecule has 7 heteroatoms. The molecule has 2 aliphatic rings. The highest BCUT2D eigenvalue weighted by atomic mass is 19.1. The summed E-state index contributed by atoms with van der Waals surface area (Å²) in [6.07, 6.45) is 3.58. The molecule has 1 aliphatic carbocycles. The lowest BCUT2D eigenvalue weighted by atomic mass is 9.98. The maximum absolute atomic E-state index is 15.9. The van der Waals surface area contributed by atoms with E-state index in [1.165, 1.54) is 5.56 Å². The topological polar surface area (TPSA) is 54.8 Å². The van der Waals surface area contributed by atoms with E-state index in [9.17, 15) is 9.59 Å². The first kappa shape index (κ1) is 23.5. The number of aryl methyl sites for hydroxylation is 2. The van der Waals surface area contributed by atoms with Crippen LogP contribution in [0.4, 0.5) is 10.1 Å². The van der Waals surface area contributed by atoms with E-state index in [1.807, 2.05) is 17.6 Å². The van der Waals surface area contributed by atoms with E-state index in [2.05, 4.69) is 34.1 Å². The molecule has 35 heavy (non-hydrogen) atoms. The molecule has 6 nitrogen and oxygen atoms in total. The summed E-state index contributed by atoms with van der Waals surface area (Å²) in [4.78, 5) is 30.4. The van der Waals surface area contributed by atoms with Crippen LogP contribution in [-0.4, -0.2) is 48.2 Å². The Morgan fingerprint density at radius 1 is 1.06 bits per heavy atom. The van der Waals surface area contributed by atoms with E-state index in [0.29, 0.717) is 29.7 Å². The Balaban J connectivity index is 1.53. The average Bonchev–Trinajstić information content (AvgIpc) is 3.70. The fourth-order valence-electron chi connectivity index (χ4n) is 5.27. The quantitative estimate of drug-likeness (QED) is 0.486. The van der Waals surface area contributed by atoms with Crippen molar-refractivity contribution < 1.29 is 13.9 Å². The Labute approximate surface area is 204 Å². The molecule has 0 radical (unpaired) electrons. The van der Waals surface area contributed by atoms with E-state index in [4.69, 9.17) is 4.74 Å². The minimum absolute atomic E-state index is 0.0181. The van der Waals surface area contributed by atoms with E-state index in [1.54, 1.807) is 20.0 Å². The van der Waals surface area contributed by atoms with Gasteiger partial charge in [0.15, 0.2) is 5.82 Å². The molecule has 0 bridgehead atoms. The number of hydrogen-bond acceptors (Lipinski definition) is 5. The van der Waals surface area contributed by atoms with Crippen molar-refractivity contribution in [3.8, 4) is 0 Å². The molecule has 2 aromatic carbocycles. The summed E-state index contributed by atoms with van der Waals surface area (Å²) in [6.45, 7) is 9.42. The van der Waals surface area contributed by atoms with Gasteiger partial charge in [0.1, 0.15) is 5.56 Å². The zero-order chi connectivity index (χ0) is 24.7. The van der Waals surface area contributed by atoms with Gasteiger partial charge in [0, 0.05) is 50.5 Å². The number of rotatable bonds is 6. The van der Waals surface area contributed by atoms with Gasteiger partial charge >= 0.3 is 5.97 Å². The number of carbonyl (C=O) groups is 1. The van der Waals surface area contributed by atoms with Gasteiger partial charge in [0.25, 0.3) is 0 Å². The summed E-state index contributed by atoms with van der Waals surface area (Å²) in [5.74, 6) is -1.02. The number of ether oxygens (including phenoxy) is 1. The lowest BCUT2D eigenvalue weighted by molar-refractivity contribution is 0.0524. The largest absolute Gasteiger partial charge is 0.462 e. The highest BCUT2D eigenvalue weighted by molar-refractivity contribution is 5.97. The summed E-state index contributed by atoms with van der Waals surface area (Å²) < 4.78 is 23.1. The second-order valence-corrected chi connectivity index (χ2v) is 9.62. The van der Waals surface area contributed by atoms with Crippen molar-refractivity contribution in [2.24, 2.45) is 0 Å². The molecular weight excluding hydrogens is 445 g/mol. The number of piperazine rings is 1. The molecule has 1 aliphatic heterocycles. The second-order valence-electron chi connectivity index (χ2n) is 9.62. The summed E-state index contributed by atoms with van der Waals surface area (Å²) in [7, 11) is 0. The van der Waals surface area contributed by atoms with Crippen molar-refractivity contribution in [3.05, 3.63) is 74.8 Å². The number of hydrogen-bond donors (Lipinski definition) is 0. The molecule has 0 unspecified atom stereocenters. The predicted octanol–water partition coefficient (Wildman–Crippen LogP) is 4.59. The number of nitrogens with zero attached hydrogens (tertiary/aromatic N) is 3. The normalized spacial score (nSPS) is 16.6. The minimum atomic E-state index is -0.648. The van der Waals surface area contributed by atoms with Crippen LogP contribution in [0.3, 0.4) is 0 Å². The van der Waals surface area contributed by atoms with Crippen molar-refractivity contribution in [1.29, 1.82) is 0 Å². The molecule has 2 heterocycles. The standard InChI is InChI=1S/C28H32FN3O3/c1-4-35-28(34)22-17-32(21-10-11-21)25-19(3)26(24(29)18(2)23(25)27(22)33)31-14-12-30(13-15-31)16-20-8-6-5-7-9-20/h5-9,17,21H,4,10-16H2,1-3H3. The van der Waals surface area contributed by atoms with Crippen molar-refractivity contribution in [3.63, 3.8) is 0 Å². The van der Waals surface area contributed by atoms with Gasteiger partial charge in [0.05, 0.1) is 23.2 Å². The summed E-state index contributed by atoms with van der Waals surface area (Å²) in [5, 5.41) is 0.295. The number of anilines is 1. The van der Waals surface area contributed by atoms with Gasteiger partial charge in [-0.1, -0.05) is 30.3 Å². The van der Waals surface area contributed by atoms with Gasteiger partial charge in [-0.05, 0) is 44.7 Å². The van der Waals surface area contributed by atoms with Gasteiger partial charge in [-0.2, -0.15) is 0 Å². The molecule has 2 fully saturated rings. The van der Waals surface area contributed by atoms with Gasteiger partial charge in [-0.15, -0.1) is 0 Å². The summed E-state index contributed by atoms with van der Waals surface area (Å²) in [6, 6.07) is 10.6. The number of fused-ring (bicyclic) bond motifs is 1. The Morgan fingerprint density at radius 2 is 1.74 bits per heavy atom. The highest BCUT2D eigenvalue weighted by Gasteiger charge is 2.32. The van der Waals surface area contributed by atoms with Crippen LogP contribution in [0.1, 0.15) is 52.9 Å². The number of halogens is 1. The van der Waals surface area contributed by atoms with Gasteiger partial charge in [-0.25, -0.2) is 9.18 Å². The first-order valence-corrected chi connectivity index (χ1v) is 12.5. The zero-order valence-electron chi connectivity index (χ0n) is 20.6. The van der Waals surface area contributed by atoms with Crippen LogP contribution in [0.15, 0.2) is 41.3 Å². The number of carbonyl (C=O) groups excluding carboxylic acids is 1. The average molecular weight is 478 g/mol. The summed E-state index contributed by atoms with van der Waals surface area (Å²) in [5.41, 5.74) is 3.19. The molecule has 1 saturated heterocycles. The van der Waals surface area contributed by atoms with Crippen LogP contribution >= 0.6 is 0 Å². The van der Waals surface area contributed by atoms with Crippen molar-refractivity contribution in [2.45, 2.75) is 46.2 Å². The molecule has 0 amide bonds. The SMILES string of the molecule is CCOC(=O)c1cn(C2CC2)c2c(C)c(N3CCN(Cc4ccccc4)CC3)c(F)c(C)c2c1=O. The monoisotopic (exact) mass is 477 g/mol. The number of aromatic nitrogens is 1. The van der Waals surface area contributed by atoms with Crippen LogP contribution in [0.5, 0.6) is 0 Å². The number of esters is 1. The number of benzene rings is 2. The van der Waals surface area contributed by atoms with Crippen LogP contribution in [0.2, 0.25) is 0 Å². The third-order valence-corrected chi connectivity index (χ3v) is 7.23. The smallest absolute Gasteiger partial charge is 0.343 e. The molecule has 0 atom stereocenters. The maximum atomic E-state index is 15.9. The van der Waals surface area contributed by atoms with Gasteiger partial charge < -0.3 is 14.2 Å². The molecular formula is C28H32FN3O3. The van der Waals surface area contributed by atoms with Crippen LogP contribution in [0, 0.1) is 19.7 Å². The third-order valence-electron chi connectivity index (χ3n) is 7.23. The zero-order valence-corrected chi connectivity index (χ0v) is 20.6. The van der Waals surface area contributed by atoms with Crippen molar-refractivity contribution >= 4 is 22.6 Å². The fourth-order valence-corrected chi connectivity index (χ4v) is 5.27. The fraction of sp³-hybridized carbons (Fsp3) is 0.429. The Hall–Kier alpha value is -3.19. The second kappa shape index (κ2) is 9.46. The van der Waals surface area contributed by atoms with Crippen LogP contribution < -0.4 is 10.3 Å². The van der Waals surface area contributed by atoms with E-state index < -0.39 is 11.4 Å². The molecule has 3 aromatic rings. The number of pyridine rings is 1. The molecule has 5 rings (SSSR count). The predicted molar refractivity (Wildman–Crippen MR) is 136 cm³/mol. The van der Waals surface area contributed by atoms with E-state index in [-0.39, 0.29) is 24.0 Å². The Kier molecular flexibility index (Phi) is 6.36. The van der Waals surface area contributed by atoms with E-state index in [0.717, 1.165) is 43.6 Å². The molecule has 184 valence electrons. The van der Waals surface area contributed by atoms with E-state index >= 15 is 4.39 Å². The van der Waals surface area contributed by atoms with Crippen LogP contribution in [0.25, 0.3) is 10.9 Å². The lowest BCUT2D eigenvalue weighted by Crippen LogP contribution is -2.46. The summed E-state index contributed by atoms with van der Waals surface area (Å²) >= 11 is 0. The lowest BCUT2D eigenvalue weighted by Gasteiger charge is -2.37. The Morgan fingerprint density at radius 3 is 2.37 bits per heavy atom. The van der Waals surface area contributed by atoms with Crippen molar-refractivity contribution in [1.82, 2.24) is 9.47 Å². The maximum Gasteiger partial charge on any atom is 0.343 e. The molecule has 0 N–H and O–H groups in total. The van der Waals surface area contributed by atoms with Crippen LogP contribution in [-0.2, 0) is 11.3 Å². The molecule has 0 spiro atoms. The highest BCUT2D eigenvalue weighted by Crippen LogP contribution is 2.41.